The van der Waals surface area contributed by atoms with Gasteiger partial charge in [-0.15, -0.1) is 11.3 Å². The highest BCUT2D eigenvalue weighted by Gasteiger charge is 2.19. The Hall–Kier alpha value is -2.00. The van der Waals surface area contributed by atoms with Crippen LogP contribution in [0.3, 0.4) is 0 Å². The number of aromatic nitrogens is 2. The fourth-order valence-electron chi connectivity index (χ4n) is 2.00. The van der Waals surface area contributed by atoms with Gasteiger partial charge in [0.15, 0.2) is 0 Å². The lowest BCUT2D eigenvalue weighted by Gasteiger charge is -2.28. The first-order valence-corrected chi connectivity index (χ1v) is 6.14. The minimum Gasteiger partial charge on any atom is -0.397 e. The monoisotopic (exact) mass is 245 g/mol. The number of thiophene rings is 1. The van der Waals surface area contributed by atoms with Gasteiger partial charge in [-0.1, -0.05) is 0 Å². The van der Waals surface area contributed by atoms with Crippen molar-refractivity contribution in [2.24, 2.45) is 0 Å². The first kappa shape index (κ1) is 10.2. The average molecular weight is 245 g/mol. The summed E-state index contributed by atoms with van der Waals surface area (Å²) in [5.74, 6) is 1.06. The molecule has 0 unspecified atom stereocenters. The van der Waals surface area contributed by atoms with Gasteiger partial charge < -0.3 is 15.2 Å². The molecule has 2 N–H and O–H groups in total. The van der Waals surface area contributed by atoms with E-state index in [9.17, 15) is 0 Å². The molecule has 2 aromatic heterocycles. The van der Waals surface area contributed by atoms with Gasteiger partial charge in [0.2, 0.25) is 0 Å². The Labute approximate surface area is 103 Å². The van der Waals surface area contributed by atoms with Crippen LogP contribution in [0.2, 0.25) is 0 Å². The number of hydrogen-bond acceptors (Lipinski definition) is 5. The summed E-state index contributed by atoms with van der Waals surface area (Å²) in [6.45, 7) is 2.63. The largest absolute Gasteiger partial charge is 0.397 e. The number of anilines is 2. The molecule has 0 fully saturated rings. The van der Waals surface area contributed by atoms with Gasteiger partial charge in [-0.2, -0.15) is 5.26 Å². The van der Waals surface area contributed by atoms with Gasteiger partial charge in [-0.05, 0) is 6.07 Å². The molecular formula is C11H11N5S. The Bertz CT molecular complexity index is 591. The topological polar surface area (TPSA) is 70.9 Å². The number of nitriles is 1. The molecule has 3 heterocycles. The molecule has 0 saturated heterocycles. The first-order valence-electron chi connectivity index (χ1n) is 5.32. The van der Waals surface area contributed by atoms with E-state index < -0.39 is 0 Å². The van der Waals surface area contributed by atoms with Crippen LogP contribution in [0.5, 0.6) is 0 Å². The number of nitrogens with zero attached hydrogens (tertiary/aromatic N) is 4. The maximum absolute atomic E-state index is 8.90. The third-order valence-electron chi connectivity index (χ3n) is 2.91. The Morgan fingerprint density at radius 1 is 1.47 bits per heavy atom. The zero-order chi connectivity index (χ0) is 11.8. The summed E-state index contributed by atoms with van der Waals surface area (Å²) in [4.78, 5) is 7.12. The van der Waals surface area contributed by atoms with Crippen LogP contribution in [0.4, 0.5) is 10.7 Å². The summed E-state index contributed by atoms with van der Waals surface area (Å²) in [5.41, 5.74) is 6.34. The zero-order valence-corrected chi connectivity index (χ0v) is 9.94. The van der Waals surface area contributed by atoms with Gasteiger partial charge in [0.1, 0.15) is 16.8 Å². The van der Waals surface area contributed by atoms with Gasteiger partial charge in [-0.3, -0.25) is 0 Å². The fraction of sp³-hybridized carbons (Fsp3) is 0.273. The summed E-state index contributed by atoms with van der Waals surface area (Å²) in [6, 6.07) is 3.99. The average Bonchev–Trinajstić information content (AvgIpc) is 2.93. The van der Waals surface area contributed by atoms with Crippen LogP contribution in [0, 0.1) is 11.3 Å². The Morgan fingerprint density at radius 2 is 2.35 bits per heavy atom. The minimum absolute atomic E-state index is 0.571. The highest BCUT2D eigenvalue weighted by atomic mass is 32.1. The molecule has 0 radical (unpaired) electrons. The lowest BCUT2D eigenvalue weighted by molar-refractivity contribution is 0.562. The number of hydrogen-bond donors (Lipinski definition) is 1. The van der Waals surface area contributed by atoms with Gasteiger partial charge >= 0.3 is 0 Å². The minimum atomic E-state index is 0.571. The van der Waals surface area contributed by atoms with Gasteiger partial charge in [-0.25, -0.2) is 4.98 Å². The molecule has 0 bridgehead atoms. The van der Waals surface area contributed by atoms with Crippen molar-refractivity contribution in [2.75, 3.05) is 17.2 Å². The van der Waals surface area contributed by atoms with Crippen LogP contribution < -0.4 is 10.6 Å². The van der Waals surface area contributed by atoms with Crippen molar-refractivity contribution in [3.05, 3.63) is 29.2 Å². The lowest BCUT2D eigenvalue weighted by Crippen LogP contribution is -2.32. The summed E-state index contributed by atoms with van der Waals surface area (Å²) in [7, 11) is 0. The molecule has 2 aromatic rings. The smallest absolute Gasteiger partial charge is 0.129 e. The van der Waals surface area contributed by atoms with Crippen LogP contribution in [0.1, 0.15) is 10.7 Å². The molecule has 5 nitrogen and oxygen atoms in total. The molecule has 1 aliphatic heterocycles. The van der Waals surface area contributed by atoms with Gasteiger partial charge in [0.25, 0.3) is 0 Å². The molecule has 0 aliphatic carbocycles. The van der Waals surface area contributed by atoms with Crippen LogP contribution >= 0.6 is 11.3 Å². The van der Waals surface area contributed by atoms with E-state index in [4.69, 9.17) is 11.0 Å². The maximum Gasteiger partial charge on any atom is 0.129 e. The lowest BCUT2D eigenvalue weighted by atomic mass is 10.3. The van der Waals surface area contributed by atoms with Crippen molar-refractivity contribution < 1.29 is 0 Å². The molecule has 86 valence electrons. The van der Waals surface area contributed by atoms with Crippen molar-refractivity contribution in [1.29, 1.82) is 5.26 Å². The maximum atomic E-state index is 8.90. The fourth-order valence-corrected chi connectivity index (χ4v) is 2.90. The number of nitrogens with two attached hydrogens (primary N) is 1. The van der Waals surface area contributed by atoms with E-state index in [0.29, 0.717) is 10.6 Å². The summed E-state index contributed by atoms with van der Waals surface area (Å²) < 4.78 is 2.15. The third-order valence-corrected chi connectivity index (χ3v) is 4.02. The van der Waals surface area contributed by atoms with Crippen molar-refractivity contribution in [3.8, 4) is 6.07 Å². The quantitative estimate of drug-likeness (QED) is 0.824. The Morgan fingerprint density at radius 3 is 3.12 bits per heavy atom. The second-order valence-electron chi connectivity index (χ2n) is 3.94. The van der Waals surface area contributed by atoms with Crippen LogP contribution in [0.15, 0.2) is 18.5 Å². The molecule has 0 amide bonds. The molecule has 0 aromatic carbocycles. The molecular weight excluding hydrogens is 234 g/mol. The van der Waals surface area contributed by atoms with Crippen molar-refractivity contribution in [2.45, 2.75) is 13.1 Å². The second-order valence-corrected chi connectivity index (χ2v) is 4.97. The number of nitrogen functional groups attached to an aromatic ring is 1. The summed E-state index contributed by atoms with van der Waals surface area (Å²) in [6.07, 6.45) is 3.82. The van der Waals surface area contributed by atoms with E-state index in [1.54, 1.807) is 0 Å². The molecule has 0 atom stereocenters. The zero-order valence-electron chi connectivity index (χ0n) is 9.13. The van der Waals surface area contributed by atoms with Crippen LogP contribution in [-0.2, 0) is 13.1 Å². The van der Waals surface area contributed by atoms with Gasteiger partial charge in [0.05, 0.1) is 17.2 Å². The van der Waals surface area contributed by atoms with E-state index >= 15 is 0 Å². The van der Waals surface area contributed by atoms with E-state index in [2.05, 4.69) is 20.5 Å². The second kappa shape index (κ2) is 3.79. The van der Waals surface area contributed by atoms with Crippen molar-refractivity contribution in [3.63, 3.8) is 0 Å². The summed E-state index contributed by atoms with van der Waals surface area (Å²) >= 11 is 1.45. The van der Waals surface area contributed by atoms with Crippen LogP contribution in [-0.4, -0.2) is 16.1 Å². The highest BCUT2D eigenvalue weighted by Crippen LogP contribution is 2.33. The molecule has 0 saturated carbocycles. The van der Waals surface area contributed by atoms with E-state index in [1.165, 1.54) is 11.3 Å². The molecule has 1 aliphatic rings. The third kappa shape index (κ3) is 1.65. The molecule has 17 heavy (non-hydrogen) atoms. The SMILES string of the molecule is N#Cc1sc(N2CCn3ccnc3C2)cc1N. The van der Waals surface area contributed by atoms with E-state index in [-0.39, 0.29) is 0 Å². The van der Waals surface area contributed by atoms with E-state index in [0.717, 1.165) is 30.5 Å². The first-order chi connectivity index (χ1) is 8.28. The van der Waals surface area contributed by atoms with Gasteiger partial charge in [0, 0.05) is 25.5 Å². The molecule has 6 heteroatoms. The van der Waals surface area contributed by atoms with Crippen molar-refractivity contribution in [1.82, 2.24) is 9.55 Å². The van der Waals surface area contributed by atoms with E-state index in [1.807, 2.05) is 18.5 Å². The van der Waals surface area contributed by atoms with Crippen molar-refractivity contribution >= 4 is 22.0 Å². The summed E-state index contributed by atoms with van der Waals surface area (Å²) in [5, 5.41) is 9.95. The van der Waals surface area contributed by atoms with Crippen LogP contribution in [0.25, 0.3) is 0 Å². The predicted octanol–water partition coefficient (Wildman–Crippen LogP) is 1.42. The number of imidazole rings is 1. The highest BCUT2D eigenvalue weighted by molar-refractivity contribution is 7.17. The standard InChI is InChI=1S/C11H11N5S/c12-6-9-8(13)5-11(17-9)16-4-3-15-2-1-14-10(15)7-16/h1-2,5H,3-4,7,13H2. The molecule has 0 spiro atoms. The predicted molar refractivity (Wildman–Crippen MR) is 66.7 cm³/mol. The normalized spacial score (nSPS) is 14.4. The Balaban J connectivity index is 1.89. The number of rotatable bonds is 1. The molecule has 3 rings (SSSR count). The Kier molecular flexibility index (Phi) is 2.27. The number of fused-ring (bicyclic) bond motifs is 1.